The van der Waals surface area contributed by atoms with Gasteiger partial charge >= 0.3 is 10.1 Å². The highest BCUT2D eigenvalue weighted by Crippen LogP contribution is 2.25. The Hall–Kier alpha value is -1.40. The molecule has 1 aliphatic rings. The first-order valence-electron chi connectivity index (χ1n) is 4.28. The first kappa shape index (κ1) is 10.1. The van der Waals surface area contributed by atoms with Gasteiger partial charge in [-0.05, 0) is 12.1 Å². The smallest absolute Gasteiger partial charge is 0.315 e. The van der Waals surface area contributed by atoms with E-state index in [9.17, 15) is 8.42 Å². The van der Waals surface area contributed by atoms with Gasteiger partial charge in [-0.25, -0.2) is 0 Å². The number of para-hydroxylation sites is 1. The molecule has 1 heterocycles. The maximum Gasteiger partial charge on any atom is 0.315 e. The van der Waals surface area contributed by atoms with Gasteiger partial charge in [0.05, 0.1) is 5.71 Å². The molecule has 1 aromatic rings. The largest absolute Gasteiger partial charge is 0.381 e. The van der Waals surface area contributed by atoms with Crippen LogP contribution in [-0.2, 0) is 10.1 Å². The number of aliphatic hydroxyl groups is 1. The monoisotopic (exact) mass is 227 g/mol. The Bertz CT molecular complexity index is 507. The number of fused-ring (bicyclic) bond motifs is 1. The second-order valence-electron chi connectivity index (χ2n) is 3.03. The Kier molecular flexibility index (Phi) is 2.45. The average Bonchev–Trinajstić information content (AvgIpc) is 2.16. The molecule has 0 bridgehead atoms. The van der Waals surface area contributed by atoms with Crippen LogP contribution in [0.3, 0.4) is 0 Å². The quantitative estimate of drug-likeness (QED) is 0.693. The van der Waals surface area contributed by atoms with E-state index in [2.05, 4.69) is 4.99 Å². The summed E-state index contributed by atoms with van der Waals surface area (Å²) in [6, 6.07) is 6.70. The summed E-state index contributed by atoms with van der Waals surface area (Å²) in [6.45, 7) is -0.431. The van der Waals surface area contributed by atoms with Crippen molar-refractivity contribution in [1.29, 1.82) is 0 Å². The number of hydrogen-bond acceptors (Lipinski definition) is 5. The zero-order valence-electron chi connectivity index (χ0n) is 7.75. The number of aliphatic hydroxyl groups excluding tert-OH is 1. The van der Waals surface area contributed by atoms with Crippen molar-refractivity contribution in [1.82, 2.24) is 0 Å². The Balaban J connectivity index is 2.57. The lowest BCUT2D eigenvalue weighted by atomic mass is 10.1. The standard InChI is InChI=1S/C9H9NO4S/c11-6-10-8-5-15(12,13)14-9-4-2-1-3-7(8)9/h1-4,11H,5-6H2. The number of hydrogen-bond donors (Lipinski definition) is 1. The summed E-state index contributed by atoms with van der Waals surface area (Å²) in [5.74, 6) is -0.0409. The van der Waals surface area contributed by atoms with Gasteiger partial charge in [-0.15, -0.1) is 0 Å². The van der Waals surface area contributed by atoms with Crippen LogP contribution >= 0.6 is 0 Å². The molecule has 0 radical (unpaired) electrons. The SMILES string of the molecule is O=S1(=O)CC(=NCO)c2ccccc2O1. The van der Waals surface area contributed by atoms with Crippen molar-refractivity contribution in [3.05, 3.63) is 29.8 Å². The molecule has 80 valence electrons. The van der Waals surface area contributed by atoms with E-state index in [0.717, 1.165) is 0 Å². The Morgan fingerprint density at radius 1 is 1.40 bits per heavy atom. The Labute approximate surface area is 87.2 Å². The van der Waals surface area contributed by atoms with E-state index in [1.165, 1.54) is 0 Å². The molecule has 0 aliphatic carbocycles. The molecular formula is C9H9NO4S. The first-order chi connectivity index (χ1) is 7.12. The van der Waals surface area contributed by atoms with Gasteiger partial charge < -0.3 is 9.29 Å². The van der Waals surface area contributed by atoms with Gasteiger partial charge in [-0.2, -0.15) is 8.42 Å². The second-order valence-corrected chi connectivity index (χ2v) is 4.60. The van der Waals surface area contributed by atoms with Gasteiger partial charge in [-0.3, -0.25) is 4.99 Å². The van der Waals surface area contributed by atoms with Crippen molar-refractivity contribution >= 4 is 15.8 Å². The molecule has 6 heteroatoms. The van der Waals surface area contributed by atoms with Gasteiger partial charge in [0.25, 0.3) is 0 Å². The van der Waals surface area contributed by atoms with E-state index < -0.39 is 16.8 Å². The third-order valence-corrected chi connectivity index (χ3v) is 3.05. The molecule has 1 aliphatic heterocycles. The number of aliphatic imine (C=N–C) groups is 1. The van der Waals surface area contributed by atoms with Gasteiger partial charge in [0.2, 0.25) is 0 Å². The van der Waals surface area contributed by atoms with Crippen molar-refractivity contribution in [2.45, 2.75) is 0 Å². The molecule has 0 fully saturated rings. The molecule has 0 spiro atoms. The van der Waals surface area contributed by atoms with E-state index in [0.29, 0.717) is 11.3 Å². The minimum absolute atomic E-state index is 0.260. The fraction of sp³-hybridized carbons (Fsp3) is 0.222. The summed E-state index contributed by atoms with van der Waals surface area (Å²) in [7, 11) is -3.61. The predicted octanol–water partition coefficient (Wildman–Crippen LogP) is 0.148. The molecule has 5 nitrogen and oxygen atoms in total. The summed E-state index contributed by atoms with van der Waals surface area (Å²) in [6.07, 6.45) is 0. The topological polar surface area (TPSA) is 76.0 Å². The second kappa shape index (κ2) is 3.63. The van der Waals surface area contributed by atoms with Gasteiger partial charge in [-0.1, -0.05) is 12.1 Å². The van der Waals surface area contributed by atoms with Gasteiger partial charge in [0.1, 0.15) is 12.5 Å². The van der Waals surface area contributed by atoms with Crippen LogP contribution in [0.25, 0.3) is 0 Å². The first-order valence-corrected chi connectivity index (χ1v) is 5.86. The summed E-state index contributed by atoms with van der Waals surface area (Å²) in [5, 5.41) is 8.69. The molecule has 0 amide bonds. The molecule has 0 atom stereocenters. The van der Waals surface area contributed by atoms with Crippen LogP contribution < -0.4 is 4.18 Å². The summed E-state index contributed by atoms with van der Waals surface area (Å²) in [5.41, 5.74) is 0.945. The van der Waals surface area contributed by atoms with Crippen LogP contribution in [0.5, 0.6) is 5.75 Å². The van der Waals surface area contributed by atoms with E-state index in [1.807, 2.05) is 0 Å². The zero-order chi connectivity index (χ0) is 10.9. The fourth-order valence-corrected chi connectivity index (χ4v) is 2.46. The van der Waals surface area contributed by atoms with E-state index in [1.54, 1.807) is 24.3 Å². The Morgan fingerprint density at radius 2 is 2.13 bits per heavy atom. The molecule has 0 saturated carbocycles. The molecule has 0 saturated heterocycles. The van der Waals surface area contributed by atoms with E-state index in [4.69, 9.17) is 9.29 Å². The molecule has 0 unspecified atom stereocenters. The third-order valence-electron chi connectivity index (χ3n) is 1.99. The number of rotatable bonds is 1. The molecular weight excluding hydrogens is 218 g/mol. The van der Waals surface area contributed by atoms with Crippen LogP contribution in [0.4, 0.5) is 0 Å². The third kappa shape index (κ3) is 2.00. The zero-order valence-corrected chi connectivity index (χ0v) is 8.57. The van der Waals surface area contributed by atoms with Crippen molar-refractivity contribution in [2.75, 3.05) is 12.5 Å². The molecule has 1 aromatic carbocycles. The lowest BCUT2D eigenvalue weighted by Gasteiger charge is -2.18. The van der Waals surface area contributed by atoms with E-state index in [-0.39, 0.29) is 11.5 Å². The molecule has 15 heavy (non-hydrogen) atoms. The van der Waals surface area contributed by atoms with Crippen LogP contribution in [-0.4, -0.2) is 31.7 Å². The highest BCUT2D eigenvalue weighted by molar-refractivity contribution is 7.88. The lowest BCUT2D eigenvalue weighted by molar-refractivity contribution is 0.309. The van der Waals surface area contributed by atoms with Crippen molar-refractivity contribution in [2.24, 2.45) is 4.99 Å². The Morgan fingerprint density at radius 3 is 2.87 bits per heavy atom. The minimum atomic E-state index is -3.61. The molecule has 0 aromatic heterocycles. The normalized spacial score (nSPS) is 20.7. The maximum atomic E-state index is 11.3. The predicted molar refractivity (Wildman–Crippen MR) is 54.5 cm³/mol. The maximum absolute atomic E-state index is 11.3. The highest BCUT2D eigenvalue weighted by atomic mass is 32.2. The van der Waals surface area contributed by atoms with Crippen molar-refractivity contribution in [3.63, 3.8) is 0 Å². The number of benzene rings is 1. The van der Waals surface area contributed by atoms with Gasteiger partial charge in [0, 0.05) is 5.56 Å². The minimum Gasteiger partial charge on any atom is -0.381 e. The van der Waals surface area contributed by atoms with Crippen LogP contribution in [0, 0.1) is 0 Å². The molecule has 2 rings (SSSR count). The van der Waals surface area contributed by atoms with Gasteiger partial charge in [0.15, 0.2) is 5.75 Å². The lowest BCUT2D eigenvalue weighted by Crippen LogP contribution is -2.27. The van der Waals surface area contributed by atoms with Crippen LogP contribution in [0.15, 0.2) is 29.3 Å². The van der Waals surface area contributed by atoms with Crippen molar-refractivity contribution < 1.29 is 17.7 Å². The number of nitrogens with zero attached hydrogens (tertiary/aromatic N) is 1. The van der Waals surface area contributed by atoms with Crippen LogP contribution in [0.1, 0.15) is 5.56 Å². The van der Waals surface area contributed by atoms with Crippen LogP contribution in [0.2, 0.25) is 0 Å². The highest BCUT2D eigenvalue weighted by Gasteiger charge is 2.27. The summed E-state index contributed by atoms with van der Waals surface area (Å²) < 4.78 is 27.4. The summed E-state index contributed by atoms with van der Waals surface area (Å²) >= 11 is 0. The average molecular weight is 227 g/mol. The molecule has 1 N–H and O–H groups in total. The van der Waals surface area contributed by atoms with E-state index >= 15 is 0 Å². The fourth-order valence-electron chi connectivity index (χ4n) is 1.41. The van der Waals surface area contributed by atoms with Crippen molar-refractivity contribution in [3.8, 4) is 5.75 Å². The summed E-state index contributed by atoms with van der Waals surface area (Å²) in [4.78, 5) is 3.73.